The standard InChI is InChI=1S/C11H14FNO3/c1-13-6-9(14)7-4-11(16-3)8(12)5-10(7)15-2/h4-5,13H,6H2,1-3H3. The molecule has 0 aliphatic rings. The summed E-state index contributed by atoms with van der Waals surface area (Å²) in [5.74, 6) is -0.503. The monoisotopic (exact) mass is 227 g/mol. The van der Waals surface area contributed by atoms with Crippen LogP contribution in [0.25, 0.3) is 0 Å². The van der Waals surface area contributed by atoms with Gasteiger partial charge in [0.1, 0.15) is 5.75 Å². The van der Waals surface area contributed by atoms with Gasteiger partial charge in [-0.2, -0.15) is 0 Å². The van der Waals surface area contributed by atoms with E-state index >= 15 is 0 Å². The summed E-state index contributed by atoms with van der Waals surface area (Å²) in [7, 11) is 4.39. The van der Waals surface area contributed by atoms with Crippen LogP contribution in [0.2, 0.25) is 0 Å². The average molecular weight is 227 g/mol. The molecule has 0 heterocycles. The van der Waals surface area contributed by atoms with Crippen LogP contribution in [0.5, 0.6) is 11.5 Å². The van der Waals surface area contributed by atoms with Gasteiger partial charge in [-0.15, -0.1) is 0 Å². The summed E-state index contributed by atoms with van der Waals surface area (Å²) < 4.78 is 23.1. The molecule has 1 aromatic rings. The van der Waals surface area contributed by atoms with Crippen molar-refractivity contribution in [2.75, 3.05) is 27.8 Å². The SMILES string of the molecule is CNCC(=O)c1cc(OC)c(F)cc1OC. The molecule has 88 valence electrons. The van der Waals surface area contributed by atoms with Gasteiger partial charge in [0, 0.05) is 6.07 Å². The van der Waals surface area contributed by atoms with Crippen molar-refractivity contribution in [2.45, 2.75) is 0 Å². The Bertz CT molecular complexity index is 393. The molecule has 0 fully saturated rings. The molecule has 0 aliphatic carbocycles. The van der Waals surface area contributed by atoms with Crippen LogP contribution in [0.1, 0.15) is 10.4 Å². The van der Waals surface area contributed by atoms with Gasteiger partial charge in [-0.1, -0.05) is 0 Å². The van der Waals surface area contributed by atoms with Crippen molar-refractivity contribution in [1.82, 2.24) is 5.32 Å². The summed E-state index contributed by atoms with van der Waals surface area (Å²) >= 11 is 0. The number of rotatable bonds is 5. The quantitative estimate of drug-likeness (QED) is 0.769. The molecular weight excluding hydrogens is 213 g/mol. The summed E-state index contributed by atoms with van der Waals surface area (Å²) in [6.07, 6.45) is 0. The summed E-state index contributed by atoms with van der Waals surface area (Å²) in [4.78, 5) is 11.7. The smallest absolute Gasteiger partial charge is 0.180 e. The van der Waals surface area contributed by atoms with Crippen molar-refractivity contribution in [2.24, 2.45) is 0 Å². The Morgan fingerprint density at radius 1 is 1.31 bits per heavy atom. The highest BCUT2D eigenvalue weighted by atomic mass is 19.1. The first-order valence-corrected chi connectivity index (χ1v) is 4.73. The Hall–Kier alpha value is -1.62. The highest BCUT2D eigenvalue weighted by Gasteiger charge is 2.16. The maximum atomic E-state index is 13.3. The molecule has 4 nitrogen and oxygen atoms in total. The van der Waals surface area contributed by atoms with Gasteiger partial charge in [0.05, 0.1) is 26.3 Å². The number of hydrogen-bond acceptors (Lipinski definition) is 4. The number of carbonyl (C=O) groups excluding carboxylic acids is 1. The molecule has 0 saturated heterocycles. The molecule has 1 rings (SSSR count). The van der Waals surface area contributed by atoms with Gasteiger partial charge in [0.15, 0.2) is 17.3 Å². The molecule has 0 bridgehead atoms. The maximum absolute atomic E-state index is 13.3. The number of hydrogen-bond donors (Lipinski definition) is 1. The number of carbonyl (C=O) groups is 1. The molecule has 1 N–H and O–H groups in total. The van der Waals surface area contributed by atoms with Crippen molar-refractivity contribution in [3.8, 4) is 11.5 Å². The number of halogens is 1. The van der Waals surface area contributed by atoms with Crippen LogP contribution < -0.4 is 14.8 Å². The zero-order chi connectivity index (χ0) is 12.1. The minimum atomic E-state index is -0.555. The summed E-state index contributed by atoms with van der Waals surface area (Å²) in [6, 6.07) is 2.48. The summed E-state index contributed by atoms with van der Waals surface area (Å²) in [5, 5.41) is 2.73. The highest BCUT2D eigenvalue weighted by Crippen LogP contribution is 2.27. The van der Waals surface area contributed by atoms with Crippen LogP contribution in [-0.4, -0.2) is 33.6 Å². The van der Waals surface area contributed by atoms with Gasteiger partial charge in [0.2, 0.25) is 0 Å². The predicted molar refractivity (Wildman–Crippen MR) is 57.8 cm³/mol. The third-order valence-corrected chi connectivity index (χ3v) is 2.11. The molecule has 0 saturated carbocycles. The Labute approximate surface area is 93.4 Å². The van der Waals surface area contributed by atoms with Crippen LogP contribution in [0.4, 0.5) is 4.39 Å². The Kier molecular flexibility index (Phi) is 4.25. The lowest BCUT2D eigenvalue weighted by atomic mass is 10.1. The fourth-order valence-electron chi connectivity index (χ4n) is 1.33. The molecule has 0 spiro atoms. The lowest BCUT2D eigenvalue weighted by Gasteiger charge is -2.10. The Morgan fingerprint density at radius 3 is 2.44 bits per heavy atom. The number of benzene rings is 1. The number of ether oxygens (including phenoxy) is 2. The molecule has 0 radical (unpaired) electrons. The van der Waals surface area contributed by atoms with E-state index in [1.165, 1.54) is 20.3 Å². The number of nitrogens with one attached hydrogen (secondary N) is 1. The van der Waals surface area contributed by atoms with E-state index in [2.05, 4.69) is 5.32 Å². The summed E-state index contributed by atoms with van der Waals surface area (Å²) in [6.45, 7) is 0.158. The third-order valence-electron chi connectivity index (χ3n) is 2.11. The van der Waals surface area contributed by atoms with Crippen LogP contribution >= 0.6 is 0 Å². The Morgan fingerprint density at radius 2 is 1.94 bits per heavy atom. The molecule has 1 aromatic carbocycles. The largest absolute Gasteiger partial charge is 0.496 e. The van der Waals surface area contributed by atoms with Crippen LogP contribution in [0.3, 0.4) is 0 Å². The normalized spacial score (nSPS) is 10.0. The van der Waals surface area contributed by atoms with Crippen molar-refractivity contribution in [3.63, 3.8) is 0 Å². The van der Waals surface area contributed by atoms with Crippen LogP contribution in [0, 0.1) is 5.82 Å². The zero-order valence-corrected chi connectivity index (χ0v) is 9.46. The fourth-order valence-corrected chi connectivity index (χ4v) is 1.33. The molecule has 0 aromatic heterocycles. The van der Waals surface area contributed by atoms with E-state index in [1.807, 2.05) is 0 Å². The Balaban J connectivity index is 3.19. The summed E-state index contributed by atoms with van der Waals surface area (Å²) in [5.41, 5.74) is 0.301. The van der Waals surface area contributed by atoms with E-state index in [9.17, 15) is 9.18 Å². The highest BCUT2D eigenvalue weighted by molar-refractivity contribution is 6.00. The van der Waals surface area contributed by atoms with Gasteiger partial charge in [0.25, 0.3) is 0 Å². The van der Waals surface area contributed by atoms with E-state index in [0.717, 1.165) is 6.07 Å². The maximum Gasteiger partial charge on any atom is 0.180 e. The predicted octanol–water partition coefficient (Wildman–Crippen LogP) is 1.25. The van der Waals surface area contributed by atoms with Gasteiger partial charge in [-0.3, -0.25) is 4.79 Å². The van der Waals surface area contributed by atoms with E-state index < -0.39 is 5.82 Å². The second-order valence-corrected chi connectivity index (χ2v) is 3.14. The van der Waals surface area contributed by atoms with E-state index in [4.69, 9.17) is 9.47 Å². The molecule has 5 heteroatoms. The van der Waals surface area contributed by atoms with Crippen molar-refractivity contribution in [1.29, 1.82) is 0 Å². The second kappa shape index (κ2) is 5.46. The van der Waals surface area contributed by atoms with Crippen molar-refractivity contribution < 1.29 is 18.7 Å². The number of likely N-dealkylation sites (N-methyl/N-ethyl adjacent to an activating group) is 1. The molecule has 0 aliphatic heterocycles. The number of ketones is 1. The van der Waals surface area contributed by atoms with Crippen LogP contribution in [-0.2, 0) is 0 Å². The molecule has 16 heavy (non-hydrogen) atoms. The zero-order valence-electron chi connectivity index (χ0n) is 9.46. The second-order valence-electron chi connectivity index (χ2n) is 3.14. The first-order valence-electron chi connectivity index (χ1n) is 4.73. The number of Topliss-reactive ketones (excluding diaryl/α,β-unsaturated/α-hetero) is 1. The number of methoxy groups -OCH3 is 2. The van der Waals surface area contributed by atoms with Crippen molar-refractivity contribution >= 4 is 5.78 Å². The lowest BCUT2D eigenvalue weighted by Crippen LogP contribution is -2.19. The van der Waals surface area contributed by atoms with Gasteiger partial charge in [-0.25, -0.2) is 4.39 Å². The van der Waals surface area contributed by atoms with E-state index in [1.54, 1.807) is 7.05 Å². The lowest BCUT2D eigenvalue weighted by molar-refractivity contribution is 0.0990. The minimum Gasteiger partial charge on any atom is -0.496 e. The molecule has 0 unspecified atom stereocenters. The van der Waals surface area contributed by atoms with E-state index in [-0.39, 0.29) is 23.8 Å². The fraction of sp³-hybridized carbons (Fsp3) is 0.364. The average Bonchev–Trinajstić information content (AvgIpc) is 2.28. The molecule has 0 amide bonds. The van der Waals surface area contributed by atoms with Gasteiger partial charge >= 0.3 is 0 Å². The third kappa shape index (κ3) is 2.49. The molecule has 0 atom stereocenters. The first-order chi connectivity index (χ1) is 7.63. The van der Waals surface area contributed by atoms with Gasteiger partial charge in [-0.05, 0) is 13.1 Å². The first kappa shape index (κ1) is 12.4. The van der Waals surface area contributed by atoms with E-state index in [0.29, 0.717) is 5.56 Å². The topological polar surface area (TPSA) is 47.6 Å². The van der Waals surface area contributed by atoms with Crippen molar-refractivity contribution in [3.05, 3.63) is 23.5 Å². The minimum absolute atomic E-state index is 0.0280. The van der Waals surface area contributed by atoms with Gasteiger partial charge < -0.3 is 14.8 Å². The van der Waals surface area contributed by atoms with Crippen LogP contribution in [0.15, 0.2) is 12.1 Å². The molecular formula is C11H14FNO3.